The molecular formula is C22H42N. The summed E-state index contributed by atoms with van der Waals surface area (Å²) < 4.78 is 0. The average molecular weight is 321 g/mol. The summed E-state index contributed by atoms with van der Waals surface area (Å²) >= 11 is 0. The highest BCUT2D eigenvalue weighted by atomic mass is 15.1. The summed E-state index contributed by atoms with van der Waals surface area (Å²) in [6.07, 6.45) is 27.1. The molecule has 1 heteroatoms. The summed E-state index contributed by atoms with van der Waals surface area (Å²) in [5.74, 6) is 0. The fourth-order valence-corrected chi connectivity index (χ4v) is 3.41. The lowest BCUT2D eigenvalue weighted by Gasteiger charge is -2.12. The van der Waals surface area contributed by atoms with E-state index < -0.39 is 0 Å². The molecule has 0 aromatic rings. The molecule has 0 spiro atoms. The number of likely N-dealkylation sites (tertiary alicyclic amines) is 1. The monoisotopic (exact) mass is 320 g/mol. The quantitative estimate of drug-likeness (QED) is 0.213. The average Bonchev–Trinajstić information content (AvgIpc) is 3.08. The van der Waals surface area contributed by atoms with Crippen LogP contribution in [0.1, 0.15) is 110 Å². The number of nitrogens with zero attached hydrogens (tertiary/aromatic N) is 1. The standard InChI is InChI=1S/C22H42N/c1-2-3-4-5-6-7-8-9-10-11-12-13-14-15-16-17-20-23-21-18-19-22-23/h9-10,20H,2-8,11-19,21-22H2,1H3/b10-9-. The second-order valence-corrected chi connectivity index (χ2v) is 7.30. The minimum absolute atomic E-state index is 1.30. The molecule has 1 fully saturated rings. The van der Waals surface area contributed by atoms with Crippen LogP contribution in [0.2, 0.25) is 0 Å². The van der Waals surface area contributed by atoms with Crippen molar-refractivity contribution in [1.29, 1.82) is 0 Å². The maximum Gasteiger partial charge on any atom is 0.0251 e. The zero-order valence-electron chi connectivity index (χ0n) is 15.9. The van der Waals surface area contributed by atoms with E-state index in [1.165, 1.54) is 116 Å². The number of hydrogen-bond acceptors (Lipinski definition) is 1. The zero-order chi connectivity index (χ0) is 16.4. The summed E-state index contributed by atoms with van der Waals surface area (Å²) in [7, 11) is 0. The van der Waals surface area contributed by atoms with Crippen LogP contribution in [-0.4, -0.2) is 18.0 Å². The third-order valence-electron chi connectivity index (χ3n) is 4.99. The second kappa shape index (κ2) is 16.6. The number of rotatable bonds is 16. The number of hydrogen-bond donors (Lipinski definition) is 0. The smallest absolute Gasteiger partial charge is 0.0251 e. The van der Waals surface area contributed by atoms with E-state index in [4.69, 9.17) is 0 Å². The van der Waals surface area contributed by atoms with E-state index in [1.807, 2.05) is 0 Å². The van der Waals surface area contributed by atoms with Crippen molar-refractivity contribution in [2.24, 2.45) is 0 Å². The van der Waals surface area contributed by atoms with Crippen molar-refractivity contribution in [3.8, 4) is 0 Å². The lowest BCUT2D eigenvalue weighted by Crippen LogP contribution is -2.15. The normalized spacial score (nSPS) is 15.9. The van der Waals surface area contributed by atoms with Gasteiger partial charge in [0.05, 0.1) is 0 Å². The van der Waals surface area contributed by atoms with E-state index in [1.54, 1.807) is 0 Å². The third kappa shape index (κ3) is 13.8. The highest BCUT2D eigenvalue weighted by Crippen LogP contribution is 2.14. The van der Waals surface area contributed by atoms with Crippen molar-refractivity contribution in [3.05, 3.63) is 18.7 Å². The van der Waals surface area contributed by atoms with Crippen molar-refractivity contribution >= 4 is 0 Å². The minimum atomic E-state index is 1.30. The van der Waals surface area contributed by atoms with Crippen LogP contribution >= 0.6 is 0 Å². The van der Waals surface area contributed by atoms with Gasteiger partial charge in [-0.2, -0.15) is 0 Å². The van der Waals surface area contributed by atoms with Gasteiger partial charge in [-0.3, -0.25) is 4.90 Å². The van der Waals surface area contributed by atoms with Crippen LogP contribution in [0.15, 0.2) is 12.2 Å². The van der Waals surface area contributed by atoms with Crippen LogP contribution < -0.4 is 0 Å². The highest BCUT2D eigenvalue weighted by molar-refractivity contribution is 4.81. The summed E-state index contributed by atoms with van der Waals surface area (Å²) in [6.45, 7) is 7.37. The zero-order valence-corrected chi connectivity index (χ0v) is 15.9. The van der Waals surface area contributed by atoms with Gasteiger partial charge in [0.25, 0.3) is 0 Å². The van der Waals surface area contributed by atoms with E-state index in [0.717, 1.165) is 0 Å². The van der Waals surface area contributed by atoms with Gasteiger partial charge in [0.1, 0.15) is 0 Å². The van der Waals surface area contributed by atoms with Crippen molar-refractivity contribution in [3.63, 3.8) is 0 Å². The summed E-state index contributed by atoms with van der Waals surface area (Å²) in [6, 6.07) is 0. The molecule has 1 saturated heterocycles. The molecule has 1 radical (unpaired) electrons. The molecule has 23 heavy (non-hydrogen) atoms. The van der Waals surface area contributed by atoms with Crippen LogP contribution in [-0.2, 0) is 0 Å². The molecule has 0 saturated carbocycles. The van der Waals surface area contributed by atoms with Gasteiger partial charge in [-0.1, -0.05) is 76.9 Å². The predicted molar refractivity (Wildman–Crippen MR) is 105 cm³/mol. The van der Waals surface area contributed by atoms with Crippen molar-refractivity contribution in [1.82, 2.24) is 4.90 Å². The maximum atomic E-state index is 2.52. The number of unbranched alkanes of at least 4 members (excludes halogenated alkanes) is 12. The Hall–Kier alpha value is -0.300. The van der Waals surface area contributed by atoms with Crippen molar-refractivity contribution < 1.29 is 0 Å². The lowest BCUT2D eigenvalue weighted by molar-refractivity contribution is 0.392. The van der Waals surface area contributed by atoms with Crippen LogP contribution in [0.3, 0.4) is 0 Å². The molecule has 0 amide bonds. The Bertz CT molecular complexity index is 253. The van der Waals surface area contributed by atoms with E-state index in [9.17, 15) is 0 Å². The van der Waals surface area contributed by atoms with Gasteiger partial charge in [0, 0.05) is 6.54 Å². The van der Waals surface area contributed by atoms with Gasteiger partial charge in [0.2, 0.25) is 0 Å². The Morgan fingerprint density at radius 1 is 0.609 bits per heavy atom. The van der Waals surface area contributed by atoms with E-state index in [-0.39, 0.29) is 0 Å². The van der Waals surface area contributed by atoms with E-state index in [0.29, 0.717) is 0 Å². The molecule has 0 N–H and O–H groups in total. The van der Waals surface area contributed by atoms with Gasteiger partial charge >= 0.3 is 0 Å². The molecule has 1 rings (SSSR count). The molecular weight excluding hydrogens is 278 g/mol. The lowest BCUT2D eigenvalue weighted by atomic mass is 10.1. The van der Waals surface area contributed by atoms with Crippen LogP contribution in [0, 0.1) is 6.54 Å². The Kier molecular flexibility index (Phi) is 14.9. The van der Waals surface area contributed by atoms with Gasteiger partial charge in [-0.05, 0) is 58.0 Å². The topological polar surface area (TPSA) is 3.24 Å². The van der Waals surface area contributed by atoms with Crippen molar-refractivity contribution in [2.75, 3.05) is 13.1 Å². The van der Waals surface area contributed by atoms with Gasteiger partial charge in [0.15, 0.2) is 0 Å². The summed E-state index contributed by atoms with van der Waals surface area (Å²) in [4.78, 5) is 2.52. The first-order chi connectivity index (χ1) is 11.4. The fraction of sp³-hybridized carbons (Fsp3) is 0.864. The molecule has 0 aromatic carbocycles. The fourth-order valence-electron chi connectivity index (χ4n) is 3.41. The first-order valence-electron chi connectivity index (χ1n) is 10.7. The maximum absolute atomic E-state index is 2.52. The van der Waals surface area contributed by atoms with Crippen LogP contribution in [0.5, 0.6) is 0 Å². The molecule has 1 aliphatic heterocycles. The van der Waals surface area contributed by atoms with Crippen molar-refractivity contribution in [2.45, 2.75) is 110 Å². The first-order valence-corrected chi connectivity index (χ1v) is 10.7. The molecule has 0 bridgehead atoms. The van der Waals surface area contributed by atoms with Crippen LogP contribution in [0.4, 0.5) is 0 Å². The van der Waals surface area contributed by atoms with Gasteiger partial charge in [-0.25, -0.2) is 0 Å². The Morgan fingerprint density at radius 2 is 1.09 bits per heavy atom. The third-order valence-corrected chi connectivity index (χ3v) is 4.99. The molecule has 1 heterocycles. The van der Waals surface area contributed by atoms with Gasteiger partial charge < -0.3 is 0 Å². The molecule has 135 valence electrons. The molecule has 1 aliphatic rings. The van der Waals surface area contributed by atoms with Gasteiger partial charge in [-0.15, -0.1) is 0 Å². The molecule has 0 atom stereocenters. The first kappa shape index (κ1) is 20.7. The molecule has 1 nitrogen and oxygen atoms in total. The molecule has 0 unspecified atom stereocenters. The highest BCUT2D eigenvalue weighted by Gasteiger charge is 2.10. The number of allylic oxidation sites excluding steroid dienone is 2. The van der Waals surface area contributed by atoms with E-state index >= 15 is 0 Å². The second-order valence-electron chi connectivity index (χ2n) is 7.30. The van der Waals surface area contributed by atoms with E-state index in [2.05, 4.69) is 30.5 Å². The Balaban J connectivity index is 1.69. The van der Waals surface area contributed by atoms with Crippen LogP contribution in [0.25, 0.3) is 0 Å². The minimum Gasteiger partial charge on any atom is -0.299 e. The Labute approximate surface area is 146 Å². The largest absolute Gasteiger partial charge is 0.299 e. The SMILES string of the molecule is CCCCCCCC/C=C\CCCCCCC[CH]N1CCCC1. The molecule has 0 aliphatic carbocycles. The summed E-state index contributed by atoms with van der Waals surface area (Å²) in [5, 5.41) is 0. The predicted octanol–water partition coefficient (Wildman–Crippen LogP) is 7.28. The molecule has 0 aromatic heterocycles. The Morgan fingerprint density at radius 3 is 1.65 bits per heavy atom. The summed E-state index contributed by atoms with van der Waals surface area (Å²) in [5.41, 5.74) is 0.